The van der Waals surface area contributed by atoms with Gasteiger partial charge in [-0.2, -0.15) is 0 Å². The molecule has 0 atom stereocenters. The third kappa shape index (κ3) is 4.65. The van der Waals surface area contributed by atoms with Gasteiger partial charge in [0.05, 0.1) is 13.1 Å². The summed E-state index contributed by atoms with van der Waals surface area (Å²) >= 11 is 3.63. The molecule has 0 amide bonds. The van der Waals surface area contributed by atoms with E-state index in [0.717, 1.165) is 25.6 Å². The van der Waals surface area contributed by atoms with Crippen LogP contribution in [0.4, 0.5) is 0 Å². The van der Waals surface area contributed by atoms with Crippen LogP contribution in [0.1, 0.15) is 26.4 Å². The monoisotopic (exact) mass is 307 g/mol. The summed E-state index contributed by atoms with van der Waals surface area (Å²) in [6.45, 7) is 8.78. The number of rotatable bonds is 5. The second-order valence-corrected chi connectivity index (χ2v) is 7.32. The molecule has 0 unspecified atom stereocenters. The van der Waals surface area contributed by atoms with Gasteiger partial charge in [-0.15, -0.1) is 22.7 Å². The van der Waals surface area contributed by atoms with Gasteiger partial charge in [0.1, 0.15) is 0 Å². The topological polar surface area (TPSA) is 36.4 Å². The summed E-state index contributed by atoms with van der Waals surface area (Å²) in [6, 6.07) is 8.61. The van der Waals surface area contributed by atoms with E-state index in [1.54, 1.807) is 11.3 Å². The highest BCUT2D eigenvalue weighted by Gasteiger charge is 2.01. The van der Waals surface area contributed by atoms with Crippen molar-refractivity contribution in [3.63, 3.8) is 0 Å². The normalized spacial score (nSPS) is 11.7. The van der Waals surface area contributed by atoms with E-state index in [4.69, 9.17) is 0 Å². The van der Waals surface area contributed by atoms with Crippen LogP contribution in [0, 0.1) is 13.8 Å². The van der Waals surface area contributed by atoms with Crippen molar-refractivity contribution in [2.45, 2.75) is 33.9 Å². The molecule has 5 heteroatoms. The summed E-state index contributed by atoms with van der Waals surface area (Å²) in [5, 5.41) is 6.67. The van der Waals surface area contributed by atoms with Crippen LogP contribution in [0.2, 0.25) is 0 Å². The molecule has 0 aliphatic carbocycles. The highest BCUT2D eigenvalue weighted by Crippen LogP contribution is 2.16. The number of aliphatic imine (C=N–C) groups is 1. The highest BCUT2D eigenvalue weighted by molar-refractivity contribution is 7.12. The maximum absolute atomic E-state index is 4.63. The minimum atomic E-state index is 0.733. The lowest BCUT2D eigenvalue weighted by molar-refractivity contribution is 0.825. The van der Waals surface area contributed by atoms with Crippen LogP contribution in [0.5, 0.6) is 0 Å². The quantitative estimate of drug-likeness (QED) is 0.653. The Kier molecular flexibility index (Phi) is 5.61. The summed E-state index contributed by atoms with van der Waals surface area (Å²) < 4.78 is 0. The minimum absolute atomic E-state index is 0.733. The van der Waals surface area contributed by atoms with E-state index >= 15 is 0 Å². The van der Waals surface area contributed by atoms with Crippen molar-refractivity contribution in [2.24, 2.45) is 4.99 Å². The van der Waals surface area contributed by atoms with Crippen LogP contribution in [0.15, 0.2) is 29.3 Å². The molecular weight excluding hydrogens is 286 g/mol. The summed E-state index contributed by atoms with van der Waals surface area (Å²) in [7, 11) is 0. The average Bonchev–Trinajstić information content (AvgIpc) is 3.02. The highest BCUT2D eigenvalue weighted by atomic mass is 32.1. The number of aryl methyl sites for hydroxylation is 2. The Balaban J connectivity index is 1.91. The second kappa shape index (κ2) is 7.45. The molecule has 108 valence electrons. The van der Waals surface area contributed by atoms with Gasteiger partial charge in [-0.3, -0.25) is 0 Å². The maximum atomic E-state index is 4.63. The average molecular weight is 307 g/mol. The number of hydrogen-bond acceptors (Lipinski definition) is 3. The molecule has 20 heavy (non-hydrogen) atoms. The van der Waals surface area contributed by atoms with Crippen molar-refractivity contribution < 1.29 is 0 Å². The third-order valence-corrected chi connectivity index (χ3v) is 4.75. The lowest BCUT2D eigenvalue weighted by Crippen LogP contribution is -2.36. The Bertz CT molecular complexity index is 569. The first-order valence-electron chi connectivity index (χ1n) is 6.80. The Hall–Kier alpha value is -1.33. The molecule has 2 rings (SSSR count). The van der Waals surface area contributed by atoms with E-state index in [2.05, 4.69) is 60.7 Å². The van der Waals surface area contributed by atoms with Crippen molar-refractivity contribution in [1.29, 1.82) is 0 Å². The van der Waals surface area contributed by atoms with E-state index in [1.807, 2.05) is 11.3 Å². The lowest BCUT2D eigenvalue weighted by Gasteiger charge is -2.10. The SMILES string of the molecule is CCNC(=NCc1ccc(C)s1)NCc1ccc(C)s1. The molecule has 2 aromatic heterocycles. The minimum Gasteiger partial charge on any atom is -0.357 e. The first-order valence-corrected chi connectivity index (χ1v) is 8.43. The molecule has 2 aromatic rings. The number of hydrogen-bond donors (Lipinski definition) is 2. The van der Waals surface area contributed by atoms with Crippen molar-refractivity contribution >= 4 is 28.6 Å². The van der Waals surface area contributed by atoms with Gasteiger partial charge in [-0.25, -0.2) is 4.99 Å². The summed E-state index contributed by atoms with van der Waals surface area (Å²) in [5.74, 6) is 0.879. The zero-order chi connectivity index (χ0) is 14.4. The van der Waals surface area contributed by atoms with E-state index in [1.165, 1.54) is 19.5 Å². The lowest BCUT2D eigenvalue weighted by atomic mass is 10.4. The number of guanidine groups is 1. The predicted molar refractivity (Wildman–Crippen MR) is 89.8 cm³/mol. The van der Waals surface area contributed by atoms with Gasteiger partial charge in [-0.05, 0) is 45.0 Å². The van der Waals surface area contributed by atoms with E-state index < -0.39 is 0 Å². The fourth-order valence-corrected chi connectivity index (χ4v) is 3.46. The van der Waals surface area contributed by atoms with Crippen LogP contribution >= 0.6 is 22.7 Å². The molecule has 0 saturated carbocycles. The first kappa shape index (κ1) is 15.1. The van der Waals surface area contributed by atoms with Crippen LogP contribution < -0.4 is 10.6 Å². The first-order chi connectivity index (χ1) is 9.67. The van der Waals surface area contributed by atoms with Crippen molar-refractivity contribution in [3.8, 4) is 0 Å². The molecule has 0 aliphatic heterocycles. The molecule has 0 bridgehead atoms. The van der Waals surface area contributed by atoms with Gasteiger partial charge in [0.2, 0.25) is 0 Å². The molecule has 0 aromatic carbocycles. The number of thiophene rings is 2. The predicted octanol–water partition coefficient (Wildman–Crippen LogP) is 3.68. The standard InChI is InChI=1S/C15H21N3S2/c1-4-16-15(17-9-13-7-5-11(2)19-13)18-10-14-8-6-12(3)20-14/h5-8H,4,9-10H2,1-3H3,(H2,16,17,18). The van der Waals surface area contributed by atoms with Gasteiger partial charge in [-0.1, -0.05) is 0 Å². The van der Waals surface area contributed by atoms with Gasteiger partial charge < -0.3 is 10.6 Å². The Morgan fingerprint density at radius 3 is 2.20 bits per heavy atom. The zero-order valence-electron chi connectivity index (χ0n) is 12.2. The van der Waals surface area contributed by atoms with Gasteiger partial charge in [0.15, 0.2) is 5.96 Å². The van der Waals surface area contributed by atoms with Crippen molar-refractivity contribution in [1.82, 2.24) is 10.6 Å². The molecular formula is C15H21N3S2. The Morgan fingerprint density at radius 1 is 1.00 bits per heavy atom. The summed E-state index contributed by atoms with van der Waals surface area (Å²) in [5.41, 5.74) is 0. The van der Waals surface area contributed by atoms with E-state index in [9.17, 15) is 0 Å². The van der Waals surface area contributed by atoms with Crippen molar-refractivity contribution in [2.75, 3.05) is 6.54 Å². The summed E-state index contributed by atoms with van der Waals surface area (Å²) in [6.07, 6.45) is 0. The third-order valence-electron chi connectivity index (χ3n) is 2.76. The van der Waals surface area contributed by atoms with Crippen molar-refractivity contribution in [3.05, 3.63) is 43.8 Å². The van der Waals surface area contributed by atoms with Crippen LogP contribution in [-0.4, -0.2) is 12.5 Å². The fourth-order valence-electron chi connectivity index (χ4n) is 1.82. The molecule has 0 aliphatic rings. The Labute approximate surface area is 128 Å². The maximum Gasteiger partial charge on any atom is 0.191 e. The summed E-state index contributed by atoms with van der Waals surface area (Å²) in [4.78, 5) is 9.94. The van der Waals surface area contributed by atoms with Crippen LogP contribution in [-0.2, 0) is 13.1 Å². The molecule has 0 saturated heterocycles. The van der Waals surface area contributed by atoms with E-state index in [-0.39, 0.29) is 0 Å². The molecule has 0 fully saturated rings. The smallest absolute Gasteiger partial charge is 0.191 e. The number of nitrogens with one attached hydrogen (secondary N) is 2. The molecule has 2 N–H and O–H groups in total. The van der Waals surface area contributed by atoms with E-state index in [0.29, 0.717) is 0 Å². The zero-order valence-corrected chi connectivity index (χ0v) is 13.8. The molecule has 2 heterocycles. The molecule has 0 radical (unpaired) electrons. The van der Waals surface area contributed by atoms with Crippen LogP contribution in [0.25, 0.3) is 0 Å². The van der Waals surface area contributed by atoms with Gasteiger partial charge in [0, 0.05) is 26.1 Å². The van der Waals surface area contributed by atoms with Gasteiger partial charge >= 0.3 is 0 Å². The molecule has 0 spiro atoms. The number of nitrogens with zero attached hydrogens (tertiary/aromatic N) is 1. The van der Waals surface area contributed by atoms with Crippen LogP contribution in [0.3, 0.4) is 0 Å². The Morgan fingerprint density at radius 2 is 1.65 bits per heavy atom. The molecule has 3 nitrogen and oxygen atoms in total. The fraction of sp³-hybridized carbons (Fsp3) is 0.400. The second-order valence-electron chi connectivity index (χ2n) is 4.57. The largest absolute Gasteiger partial charge is 0.357 e. The van der Waals surface area contributed by atoms with Gasteiger partial charge in [0.25, 0.3) is 0 Å².